The number of nitrogens with one attached hydrogen (secondary N) is 1. The van der Waals surface area contributed by atoms with Crippen LogP contribution in [0.2, 0.25) is 0 Å². The minimum Gasteiger partial charge on any atom is -0.447 e. The molecule has 3 N–H and O–H groups in total. The molecule has 1 saturated carbocycles. The molecule has 5 nitrogen and oxygen atoms in total. The van der Waals surface area contributed by atoms with Crippen molar-refractivity contribution in [2.75, 3.05) is 19.8 Å². The molecule has 1 rings (SSSR count). The molecule has 1 aliphatic rings. The summed E-state index contributed by atoms with van der Waals surface area (Å²) < 4.78 is 4.66. The van der Waals surface area contributed by atoms with Crippen molar-refractivity contribution in [2.24, 2.45) is 5.92 Å². The summed E-state index contributed by atoms with van der Waals surface area (Å²) >= 11 is 0. The number of hydrogen-bond donors (Lipinski definition) is 3. The highest BCUT2D eigenvalue weighted by Gasteiger charge is 2.32. The van der Waals surface area contributed by atoms with Crippen molar-refractivity contribution in [2.45, 2.75) is 44.6 Å². The highest BCUT2D eigenvalue weighted by molar-refractivity contribution is 5.67. The van der Waals surface area contributed by atoms with E-state index in [0.29, 0.717) is 5.92 Å². The van der Waals surface area contributed by atoms with Crippen molar-refractivity contribution in [1.82, 2.24) is 5.32 Å². The second kappa shape index (κ2) is 6.81. The van der Waals surface area contributed by atoms with E-state index < -0.39 is 11.7 Å². The minimum absolute atomic E-state index is 0.0117. The minimum atomic E-state index is -0.788. The average molecular weight is 245 g/mol. The number of aliphatic hydroxyl groups excluding tert-OH is 1. The molecule has 0 aromatic carbocycles. The Balaban J connectivity index is 2.24. The van der Waals surface area contributed by atoms with Crippen LogP contribution in [-0.2, 0) is 4.74 Å². The Labute approximate surface area is 102 Å². The predicted octanol–water partition coefficient (Wildman–Crippen LogP) is 1.04. The van der Waals surface area contributed by atoms with E-state index in [1.807, 2.05) is 0 Å². The molecule has 1 amide bonds. The Morgan fingerprint density at radius 3 is 2.65 bits per heavy atom. The van der Waals surface area contributed by atoms with Crippen molar-refractivity contribution in [3.8, 4) is 0 Å². The summed E-state index contributed by atoms with van der Waals surface area (Å²) in [6, 6.07) is 0. The molecule has 0 aliphatic heterocycles. The Morgan fingerprint density at radius 2 is 2.12 bits per heavy atom. The Kier molecular flexibility index (Phi) is 5.71. The predicted molar refractivity (Wildman–Crippen MR) is 63.6 cm³/mol. The summed E-state index contributed by atoms with van der Waals surface area (Å²) in [7, 11) is 0. The van der Waals surface area contributed by atoms with Crippen molar-refractivity contribution in [3.63, 3.8) is 0 Å². The number of amides is 1. The van der Waals surface area contributed by atoms with Gasteiger partial charge in [-0.15, -0.1) is 0 Å². The van der Waals surface area contributed by atoms with Gasteiger partial charge in [-0.05, 0) is 31.6 Å². The van der Waals surface area contributed by atoms with E-state index in [-0.39, 0.29) is 19.8 Å². The highest BCUT2D eigenvalue weighted by atomic mass is 16.6. The van der Waals surface area contributed by atoms with Gasteiger partial charge in [0.25, 0.3) is 0 Å². The molecule has 5 heteroatoms. The van der Waals surface area contributed by atoms with Gasteiger partial charge < -0.3 is 20.3 Å². The number of aliphatic hydroxyl groups is 2. The van der Waals surface area contributed by atoms with Gasteiger partial charge in [0.15, 0.2) is 0 Å². The molecular weight excluding hydrogens is 222 g/mol. The lowest BCUT2D eigenvalue weighted by Crippen LogP contribution is -2.45. The van der Waals surface area contributed by atoms with Gasteiger partial charge in [0, 0.05) is 6.54 Å². The van der Waals surface area contributed by atoms with Crippen LogP contribution in [0.1, 0.15) is 39.0 Å². The first-order chi connectivity index (χ1) is 8.09. The van der Waals surface area contributed by atoms with Gasteiger partial charge in [-0.25, -0.2) is 4.79 Å². The van der Waals surface area contributed by atoms with Crippen LogP contribution >= 0.6 is 0 Å². The quantitative estimate of drug-likeness (QED) is 0.676. The molecule has 0 bridgehead atoms. The molecule has 1 aliphatic carbocycles. The lowest BCUT2D eigenvalue weighted by molar-refractivity contribution is -0.00902. The highest BCUT2D eigenvalue weighted by Crippen LogP contribution is 2.33. The van der Waals surface area contributed by atoms with E-state index in [1.165, 1.54) is 0 Å². The summed E-state index contributed by atoms with van der Waals surface area (Å²) in [6.07, 6.45) is 4.06. The lowest BCUT2D eigenvalue weighted by Gasteiger charge is -2.35. The maximum absolute atomic E-state index is 11.2. The summed E-state index contributed by atoms with van der Waals surface area (Å²) in [5, 5.41) is 21.3. The van der Waals surface area contributed by atoms with Crippen molar-refractivity contribution in [3.05, 3.63) is 0 Å². The third kappa shape index (κ3) is 4.91. The monoisotopic (exact) mass is 245 g/mol. The molecule has 0 unspecified atom stereocenters. The van der Waals surface area contributed by atoms with E-state index in [0.717, 1.165) is 32.1 Å². The molecule has 17 heavy (non-hydrogen) atoms. The summed E-state index contributed by atoms with van der Waals surface area (Å²) in [4.78, 5) is 11.2. The largest absolute Gasteiger partial charge is 0.447 e. The van der Waals surface area contributed by atoms with Crippen LogP contribution in [0.5, 0.6) is 0 Å². The zero-order valence-electron chi connectivity index (χ0n) is 10.4. The summed E-state index contributed by atoms with van der Waals surface area (Å²) in [5.41, 5.74) is -0.788. The lowest BCUT2D eigenvalue weighted by atomic mass is 9.78. The number of rotatable bonds is 5. The number of carbonyl (C=O) groups is 1. The second-order valence-electron chi connectivity index (χ2n) is 4.79. The standard InChI is InChI=1S/C12H23NO4/c1-2-10-3-5-12(16,6-4-10)9-13-11(15)17-8-7-14/h10,14,16H,2-9H2,1H3,(H,13,15). The van der Waals surface area contributed by atoms with E-state index in [9.17, 15) is 9.90 Å². The van der Waals surface area contributed by atoms with Gasteiger partial charge in [0.2, 0.25) is 0 Å². The van der Waals surface area contributed by atoms with Gasteiger partial charge in [-0.1, -0.05) is 13.3 Å². The smallest absolute Gasteiger partial charge is 0.407 e. The summed E-state index contributed by atoms with van der Waals surface area (Å²) in [6.45, 7) is 2.20. The molecule has 1 fully saturated rings. The van der Waals surface area contributed by atoms with Crippen LogP contribution in [0.3, 0.4) is 0 Å². The molecule has 0 radical (unpaired) electrons. The zero-order chi connectivity index (χ0) is 12.7. The maximum atomic E-state index is 11.2. The fraction of sp³-hybridized carbons (Fsp3) is 0.917. The van der Waals surface area contributed by atoms with Crippen molar-refractivity contribution in [1.29, 1.82) is 0 Å². The van der Waals surface area contributed by atoms with Crippen LogP contribution in [-0.4, -0.2) is 41.7 Å². The fourth-order valence-electron chi connectivity index (χ4n) is 2.23. The first kappa shape index (κ1) is 14.3. The molecule has 0 saturated heterocycles. The Bertz CT molecular complexity index is 237. The van der Waals surface area contributed by atoms with Crippen LogP contribution < -0.4 is 5.32 Å². The van der Waals surface area contributed by atoms with Crippen LogP contribution in [0.15, 0.2) is 0 Å². The third-order valence-corrected chi connectivity index (χ3v) is 3.50. The van der Waals surface area contributed by atoms with E-state index >= 15 is 0 Å². The Hall–Kier alpha value is -0.810. The van der Waals surface area contributed by atoms with Crippen LogP contribution in [0, 0.1) is 5.92 Å². The van der Waals surface area contributed by atoms with Crippen LogP contribution in [0.25, 0.3) is 0 Å². The molecule has 0 spiro atoms. The Morgan fingerprint density at radius 1 is 1.47 bits per heavy atom. The SMILES string of the molecule is CCC1CCC(O)(CNC(=O)OCCO)CC1. The maximum Gasteiger partial charge on any atom is 0.407 e. The third-order valence-electron chi connectivity index (χ3n) is 3.50. The zero-order valence-corrected chi connectivity index (χ0v) is 10.4. The number of ether oxygens (including phenoxy) is 1. The van der Waals surface area contributed by atoms with E-state index in [4.69, 9.17) is 5.11 Å². The number of carbonyl (C=O) groups excluding carboxylic acids is 1. The van der Waals surface area contributed by atoms with Crippen LogP contribution in [0.4, 0.5) is 4.79 Å². The first-order valence-corrected chi connectivity index (χ1v) is 6.33. The normalized spacial score (nSPS) is 28.8. The number of alkyl carbamates (subject to hydrolysis) is 1. The van der Waals surface area contributed by atoms with Gasteiger partial charge in [0.05, 0.1) is 12.2 Å². The molecule has 100 valence electrons. The molecular formula is C12H23NO4. The molecule has 0 aromatic heterocycles. The van der Waals surface area contributed by atoms with Crippen molar-refractivity contribution >= 4 is 6.09 Å². The first-order valence-electron chi connectivity index (χ1n) is 6.33. The fourth-order valence-corrected chi connectivity index (χ4v) is 2.23. The molecule has 0 atom stereocenters. The molecule has 0 aromatic rings. The van der Waals surface area contributed by atoms with Gasteiger partial charge in [0.1, 0.15) is 6.61 Å². The van der Waals surface area contributed by atoms with Gasteiger partial charge in [-0.2, -0.15) is 0 Å². The average Bonchev–Trinajstić information content (AvgIpc) is 2.35. The summed E-state index contributed by atoms with van der Waals surface area (Å²) in [5.74, 6) is 0.705. The topological polar surface area (TPSA) is 78.8 Å². The van der Waals surface area contributed by atoms with E-state index in [2.05, 4.69) is 17.0 Å². The second-order valence-corrected chi connectivity index (χ2v) is 4.79. The van der Waals surface area contributed by atoms with Gasteiger partial charge in [-0.3, -0.25) is 0 Å². The number of hydrogen-bond acceptors (Lipinski definition) is 4. The van der Waals surface area contributed by atoms with Crippen molar-refractivity contribution < 1.29 is 19.7 Å². The van der Waals surface area contributed by atoms with E-state index in [1.54, 1.807) is 0 Å². The van der Waals surface area contributed by atoms with Gasteiger partial charge >= 0.3 is 6.09 Å². The molecule has 0 heterocycles.